The second-order valence-electron chi connectivity index (χ2n) is 7.01. The van der Waals surface area contributed by atoms with Gasteiger partial charge in [0.2, 0.25) is 5.13 Å². The number of hydrogen-bond donors (Lipinski definition) is 3. The molecule has 28 heavy (non-hydrogen) atoms. The largest absolute Gasteiger partial charge is 0.359 e. The van der Waals surface area contributed by atoms with Gasteiger partial charge in [-0.05, 0) is 49.1 Å². The third-order valence-electron chi connectivity index (χ3n) is 4.86. The highest BCUT2D eigenvalue weighted by atomic mass is 32.1. The molecule has 2 aromatic heterocycles. The standard InChI is InChI=1S/C21H24N6S/c1-3-14-4-6-15(7-5-14)10-17(22)12-23-21-27-26-20(28-21)16-8-9-19-18(11-16)13(2)24-25-19/h4-9,11,17H,3,10,12,22H2,1-2H3,(H,23,27)(H,24,25). The van der Waals surface area contributed by atoms with Gasteiger partial charge in [-0.2, -0.15) is 5.10 Å². The van der Waals surface area contributed by atoms with E-state index in [9.17, 15) is 0 Å². The summed E-state index contributed by atoms with van der Waals surface area (Å²) in [6, 6.07) is 14.8. The summed E-state index contributed by atoms with van der Waals surface area (Å²) < 4.78 is 0. The Hall–Kier alpha value is -2.77. The van der Waals surface area contributed by atoms with Gasteiger partial charge in [-0.15, -0.1) is 10.2 Å². The van der Waals surface area contributed by atoms with E-state index in [0.717, 1.165) is 45.1 Å². The Balaban J connectivity index is 1.37. The average Bonchev–Trinajstić information content (AvgIpc) is 3.34. The molecule has 1 unspecified atom stereocenters. The van der Waals surface area contributed by atoms with Crippen molar-refractivity contribution in [3.05, 3.63) is 59.3 Å². The Bertz CT molecular complexity index is 1070. The minimum Gasteiger partial charge on any atom is -0.359 e. The van der Waals surface area contributed by atoms with Gasteiger partial charge >= 0.3 is 0 Å². The van der Waals surface area contributed by atoms with Gasteiger partial charge in [-0.1, -0.05) is 42.5 Å². The molecule has 2 heterocycles. The Morgan fingerprint density at radius 3 is 2.68 bits per heavy atom. The first kappa shape index (κ1) is 18.6. The van der Waals surface area contributed by atoms with E-state index in [2.05, 4.69) is 63.0 Å². The van der Waals surface area contributed by atoms with E-state index in [4.69, 9.17) is 5.73 Å². The second-order valence-corrected chi connectivity index (χ2v) is 7.99. The number of benzene rings is 2. The van der Waals surface area contributed by atoms with E-state index in [0.29, 0.717) is 6.54 Å². The number of fused-ring (bicyclic) bond motifs is 1. The summed E-state index contributed by atoms with van der Waals surface area (Å²) in [5.41, 5.74) is 12.0. The third kappa shape index (κ3) is 4.05. The molecule has 0 aliphatic rings. The lowest BCUT2D eigenvalue weighted by atomic mass is 10.0. The fourth-order valence-corrected chi connectivity index (χ4v) is 3.93. The van der Waals surface area contributed by atoms with E-state index >= 15 is 0 Å². The summed E-state index contributed by atoms with van der Waals surface area (Å²) in [7, 11) is 0. The molecule has 0 amide bonds. The smallest absolute Gasteiger partial charge is 0.206 e. The van der Waals surface area contributed by atoms with Crippen molar-refractivity contribution in [1.29, 1.82) is 0 Å². The summed E-state index contributed by atoms with van der Waals surface area (Å²) in [6.45, 7) is 4.84. The van der Waals surface area contributed by atoms with Crippen molar-refractivity contribution >= 4 is 27.4 Å². The van der Waals surface area contributed by atoms with Crippen molar-refractivity contribution in [2.75, 3.05) is 11.9 Å². The van der Waals surface area contributed by atoms with Crippen LogP contribution in [0.4, 0.5) is 5.13 Å². The van der Waals surface area contributed by atoms with Crippen molar-refractivity contribution in [1.82, 2.24) is 20.4 Å². The Kier molecular flexibility index (Phi) is 5.36. The van der Waals surface area contributed by atoms with Crippen LogP contribution in [0.5, 0.6) is 0 Å². The molecule has 0 saturated heterocycles. The van der Waals surface area contributed by atoms with Crippen LogP contribution in [0.2, 0.25) is 0 Å². The minimum atomic E-state index is 0.0183. The fraction of sp³-hybridized carbons (Fsp3) is 0.286. The zero-order valence-electron chi connectivity index (χ0n) is 16.1. The monoisotopic (exact) mass is 392 g/mol. The highest BCUT2D eigenvalue weighted by Crippen LogP contribution is 2.29. The Labute approximate surface area is 168 Å². The predicted molar refractivity (Wildman–Crippen MR) is 116 cm³/mol. The molecule has 4 rings (SSSR count). The first-order valence-electron chi connectivity index (χ1n) is 9.48. The van der Waals surface area contributed by atoms with Gasteiger partial charge in [0.25, 0.3) is 0 Å². The number of nitrogens with two attached hydrogens (primary N) is 1. The van der Waals surface area contributed by atoms with Crippen molar-refractivity contribution in [2.24, 2.45) is 5.73 Å². The summed E-state index contributed by atoms with van der Waals surface area (Å²) in [5.74, 6) is 0. The van der Waals surface area contributed by atoms with Gasteiger partial charge in [0.05, 0.1) is 5.52 Å². The zero-order chi connectivity index (χ0) is 19.5. The number of hydrogen-bond acceptors (Lipinski definition) is 6. The predicted octanol–water partition coefficient (Wildman–Crippen LogP) is 3.93. The lowest BCUT2D eigenvalue weighted by molar-refractivity contribution is 0.698. The molecule has 0 spiro atoms. The molecule has 144 valence electrons. The van der Waals surface area contributed by atoms with Crippen molar-refractivity contribution < 1.29 is 0 Å². The van der Waals surface area contributed by atoms with E-state index in [1.807, 2.05) is 19.1 Å². The van der Waals surface area contributed by atoms with Crippen LogP contribution in [-0.4, -0.2) is 33.0 Å². The van der Waals surface area contributed by atoms with Crippen LogP contribution in [0.3, 0.4) is 0 Å². The molecular weight excluding hydrogens is 368 g/mol. The highest BCUT2D eigenvalue weighted by molar-refractivity contribution is 7.18. The fourth-order valence-electron chi connectivity index (χ4n) is 3.19. The van der Waals surface area contributed by atoms with Gasteiger partial charge < -0.3 is 11.1 Å². The van der Waals surface area contributed by atoms with E-state index in [1.54, 1.807) is 0 Å². The minimum absolute atomic E-state index is 0.0183. The van der Waals surface area contributed by atoms with Crippen LogP contribution in [0.1, 0.15) is 23.7 Å². The molecule has 1 atom stereocenters. The quantitative estimate of drug-likeness (QED) is 0.443. The third-order valence-corrected chi connectivity index (χ3v) is 5.79. The average molecular weight is 393 g/mol. The van der Waals surface area contributed by atoms with Crippen LogP contribution in [0, 0.1) is 6.92 Å². The molecule has 2 aromatic carbocycles. The topological polar surface area (TPSA) is 92.5 Å². The molecule has 0 saturated carbocycles. The van der Waals surface area contributed by atoms with Crippen LogP contribution in [0.15, 0.2) is 42.5 Å². The molecule has 0 fully saturated rings. The Morgan fingerprint density at radius 1 is 1.11 bits per heavy atom. The molecule has 4 aromatic rings. The van der Waals surface area contributed by atoms with Crippen LogP contribution in [-0.2, 0) is 12.8 Å². The van der Waals surface area contributed by atoms with E-state index in [1.165, 1.54) is 22.5 Å². The summed E-state index contributed by atoms with van der Waals surface area (Å²) in [4.78, 5) is 0. The molecule has 0 bridgehead atoms. The second kappa shape index (κ2) is 8.08. The van der Waals surface area contributed by atoms with Crippen molar-refractivity contribution in [3.63, 3.8) is 0 Å². The molecule has 7 heteroatoms. The van der Waals surface area contributed by atoms with Crippen LogP contribution >= 0.6 is 11.3 Å². The van der Waals surface area contributed by atoms with Gasteiger partial charge in [0, 0.05) is 29.2 Å². The molecule has 0 radical (unpaired) electrons. The number of aryl methyl sites for hydroxylation is 2. The zero-order valence-corrected chi connectivity index (χ0v) is 16.9. The number of H-pyrrole nitrogens is 1. The molecule has 0 aliphatic carbocycles. The van der Waals surface area contributed by atoms with Gasteiger partial charge in [0.15, 0.2) is 0 Å². The van der Waals surface area contributed by atoms with Gasteiger partial charge in [0.1, 0.15) is 5.01 Å². The number of nitrogens with one attached hydrogen (secondary N) is 2. The van der Waals surface area contributed by atoms with Gasteiger partial charge in [-0.25, -0.2) is 0 Å². The number of rotatable bonds is 7. The lowest BCUT2D eigenvalue weighted by Gasteiger charge is -2.12. The normalized spacial score (nSPS) is 12.4. The first-order valence-corrected chi connectivity index (χ1v) is 10.3. The van der Waals surface area contributed by atoms with Crippen LogP contribution < -0.4 is 11.1 Å². The number of aromatic amines is 1. The van der Waals surface area contributed by atoms with Crippen LogP contribution in [0.25, 0.3) is 21.5 Å². The Morgan fingerprint density at radius 2 is 1.89 bits per heavy atom. The van der Waals surface area contributed by atoms with E-state index in [-0.39, 0.29) is 6.04 Å². The van der Waals surface area contributed by atoms with E-state index < -0.39 is 0 Å². The maximum atomic E-state index is 6.29. The van der Waals surface area contributed by atoms with Gasteiger partial charge in [-0.3, -0.25) is 5.10 Å². The number of nitrogens with zero attached hydrogens (tertiary/aromatic N) is 3. The SMILES string of the molecule is CCc1ccc(CC(N)CNc2nnc(-c3ccc4n[nH]c(C)c4c3)s2)cc1. The number of aromatic nitrogens is 4. The first-order chi connectivity index (χ1) is 13.6. The number of anilines is 1. The highest BCUT2D eigenvalue weighted by Gasteiger charge is 2.11. The molecule has 6 nitrogen and oxygen atoms in total. The maximum absolute atomic E-state index is 6.29. The summed E-state index contributed by atoms with van der Waals surface area (Å²) in [6.07, 6.45) is 1.89. The summed E-state index contributed by atoms with van der Waals surface area (Å²) in [5, 5.41) is 22.0. The maximum Gasteiger partial charge on any atom is 0.206 e. The van der Waals surface area contributed by atoms with Crippen molar-refractivity contribution in [2.45, 2.75) is 32.7 Å². The summed E-state index contributed by atoms with van der Waals surface area (Å²) >= 11 is 1.54. The van der Waals surface area contributed by atoms with Crippen molar-refractivity contribution in [3.8, 4) is 10.6 Å². The lowest BCUT2D eigenvalue weighted by Crippen LogP contribution is -2.31. The molecule has 0 aliphatic heterocycles. The molecule has 4 N–H and O–H groups in total. The molecular formula is C21H24N6S.